The molecule has 1 nitrogen and oxygen atoms in total. The van der Waals surface area contributed by atoms with E-state index in [1.165, 1.54) is 44.9 Å². The van der Waals surface area contributed by atoms with Gasteiger partial charge in [-0.25, -0.2) is 0 Å². The van der Waals surface area contributed by atoms with Gasteiger partial charge in [-0.05, 0) is 44.6 Å². The second kappa shape index (κ2) is 7.89. The summed E-state index contributed by atoms with van der Waals surface area (Å²) in [5.74, 6) is 0.850. The molecule has 0 aromatic carbocycles. The zero-order valence-corrected chi connectivity index (χ0v) is 11.4. The molecule has 1 heteroatoms. The molecule has 0 saturated heterocycles. The highest BCUT2D eigenvalue weighted by Gasteiger charge is 2.19. The molecule has 0 saturated carbocycles. The van der Waals surface area contributed by atoms with E-state index in [9.17, 15) is 0 Å². The molecule has 1 N–H and O–H groups in total. The average Bonchev–Trinajstić information content (AvgIpc) is 2.32. The Bertz CT molecular complexity index is 203. The van der Waals surface area contributed by atoms with E-state index >= 15 is 0 Å². The average molecular weight is 223 g/mol. The maximum Gasteiger partial charge on any atom is 0.0132 e. The van der Waals surface area contributed by atoms with Crippen LogP contribution in [0.2, 0.25) is 0 Å². The highest BCUT2D eigenvalue weighted by Crippen LogP contribution is 2.25. The predicted octanol–water partition coefficient (Wildman–Crippen LogP) is 4.29. The monoisotopic (exact) mass is 223 g/mol. The number of hydrogen-bond donors (Lipinski definition) is 1. The van der Waals surface area contributed by atoms with Crippen LogP contribution in [0.15, 0.2) is 11.6 Å². The summed E-state index contributed by atoms with van der Waals surface area (Å²) in [6, 6.07) is 0.712. The molecule has 0 aromatic heterocycles. The maximum atomic E-state index is 3.69. The first kappa shape index (κ1) is 13.8. The number of nitrogens with one attached hydrogen (secondary N) is 1. The molecule has 1 unspecified atom stereocenters. The summed E-state index contributed by atoms with van der Waals surface area (Å²) in [6.07, 6.45) is 11.9. The number of allylic oxidation sites excluding steroid dienone is 1. The molecule has 0 radical (unpaired) electrons. The lowest BCUT2D eigenvalue weighted by atomic mass is 9.86. The van der Waals surface area contributed by atoms with Crippen molar-refractivity contribution in [3.8, 4) is 0 Å². The van der Waals surface area contributed by atoms with Crippen LogP contribution in [-0.4, -0.2) is 12.6 Å². The molecule has 0 aliphatic heterocycles. The normalized spacial score (nSPS) is 18.6. The molecule has 0 spiro atoms. The van der Waals surface area contributed by atoms with Crippen LogP contribution in [0.1, 0.15) is 65.7 Å². The standard InChI is InChI=1S/C15H29N/c1-4-14(5-2)15(16-6-3)12-13-10-8-7-9-11-13/h10,14-16H,4-9,11-12H2,1-3H3. The van der Waals surface area contributed by atoms with Gasteiger partial charge in [0.05, 0.1) is 0 Å². The Morgan fingerprint density at radius 2 is 1.94 bits per heavy atom. The molecule has 0 amide bonds. The molecular weight excluding hydrogens is 194 g/mol. The highest BCUT2D eigenvalue weighted by molar-refractivity contribution is 5.07. The Morgan fingerprint density at radius 3 is 2.44 bits per heavy atom. The summed E-state index contributed by atoms with van der Waals surface area (Å²) in [6.45, 7) is 7.99. The summed E-state index contributed by atoms with van der Waals surface area (Å²) >= 11 is 0. The quantitative estimate of drug-likeness (QED) is 0.635. The van der Waals surface area contributed by atoms with Crippen molar-refractivity contribution in [3.05, 3.63) is 11.6 Å². The van der Waals surface area contributed by atoms with Gasteiger partial charge in [0.1, 0.15) is 0 Å². The first-order valence-corrected chi connectivity index (χ1v) is 7.23. The van der Waals surface area contributed by atoms with Gasteiger partial charge in [-0.3, -0.25) is 0 Å². The minimum atomic E-state index is 0.712. The summed E-state index contributed by atoms with van der Waals surface area (Å²) in [5, 5.41) is 3.69. The van der Waals surface area contributed by atoms with Gasteiger partial charge >= 0.3 is 0 Å². The number of hydrogen-bond acceptors (Lipinski definition) is 1. The third kappa shape index (κ3) is 4.29. The predicted molar refractivity (Wildman–Crippen MR) is 72.7 cm³/mol. The lowest BCUT2D eigenvalue weighted by molar-refractivity contribution is 0.332. The molecule has 94 valence electrons. The largest absolute Gasteiger partial charge is 0.314 e. The van der Waals surface area contributed by atoms with E-state index in [2.05, 4.69) is 32.2 Å². The Balaban J connectivity index is 2.51. The van der Waals surface area contributed by atoms with E-state index in [0.29, 0.717) is 6.04 Å². The smallest absolute Gasteiger partial charge is 0.0132 e. The van der Waals surface area contributed by atoms with Crippen molar-refractivity contribution in [2.75, 3.05) is 6.54 Å². The van der Waals surface area contributed by atoms with E-state index in [4.69, 9.17) is 0 Å². The lowest BCUT2D eigenvalue weighted by Crippen LogP contribution is -2.36. The first-order chi connectivity index (χ1) is 7.81. The van der Waals surface area contributed by atoms with E-state index < -0.39 is 0 Å². The van der Waals surface area contributed by atoms with Gasteiger partial charge in [0.2, 0.25) is 0 Å². The Hall–Kier alpha value is -0.300. The summed E-state index contributed by atoms with van der Waals surface area (Å²) in [7, 11) is 0. The zero-order chi connectivity index (χ0) is 11.8. The molecule has 1 rings (SSSR count). The van der Waals surface area contributed by atoms with Gasteiger partial charge in [-0.15, -0.1) is 0 Å². The summed E-state index contributed by atoms with van der Waals surface area (Å²) in [5.41, 5.74) is 1.71. The van der Waals surface area contributed by atoms with Crippen molar-refractivity contribution in [1.29, 1.82) is 0 Å². The Labute approximate surface area is 102 Å². The third-order valence-electron chi connectivity index (χ3n) is 3.95. The molecule has 1 aliphatic carbocycles. The van der Waals surface area contributed by atoms with Crippen LogP contribution >= 0.6 is 0 Å². The van der Waals surface area contributed by atoms with Crippen LogP contribution < -0.4 is 5.32 Å². The van der Waals surface area contributed by atoms with E-state index in [1.807, 2.05) is 0 Å². The topological polar surface area (TPSA) is 12.0 Å². The second-order valence-electron chi connectivity index (χ2n) is 5.05. The minimum Gasteiger partial charge on any atom is -0.314 e. The van der Waals surface area contributed by atoms with E-state index in [1.54, 1.807) is 5.57 Å². The summed E-state index contributed by atoms with van der Waals surface area (Å²) in [4.78, 5) is 0. The molecule has 0 heterocycles. The van der Waals surface area contributed by atoms with Gasteiger partial charge in [-0.2, -0.15) is 0 Å². The Morgan fingerprint density at radius 1 is 1.19 bits per heavy atom. The fraction of sp³-hybridized carbons (Fsp3) is 0.867. The van der Waals surface area contributed by atoms with Crippen LogP contribution in [-0.2, 0) is 0 Å². The second-order valence-corrected chi connectivity index (χ2v) is 5.05. The molecular formula is C15H29N. The van der Waals surface area contributed by atoms with Gasteiger partial charge < -0.3 is 5.32 Å². The van der Waals surface area contributed by atoms with Crippen molar-refractivity contribution in [3.63, 3.8) is 0 Å². The molecule has 0 bridgehead atoms. The van der Waals surface area contributed by atoms with Crippen LogP contribution in [0.3, 0.4) is 0 Å². The van der Waals surface area contributed by atoms with Gasteiger partial charge in [0, 0.05) is 6.04 Å². The van der Waals surface area contributed by atoms with Gasteiger partial charge in [0.15, 0.2) is 0 Å². The van der Waals surface area contributed by atoms with E-state index in [-0.39, 0.29) is 0 Å². The molecule has 0 aromatic rings. The molecule has 16 heavy (non-hydrogen) atoms. The molecule has 1 atom stereocenters. The SMILES string of the molecule is CCNC(CC1=CCCCC1)C(CC)CC. The number of rotatable bonds is 7. The minimum absolute atomic E-state index is 0.712. The van der Waals surface area contributed by atoms with Crippen molar-refractivity contribution in [2.45, 2.75) is 71.8 Å². The zero-order valence-electron chi connectivity index (χ0n) is 11.4. The Kier molecular flexibility index (Phi) is 6.79. The van der Waals surface area contributed by atoms with Crippen LogP contribution in [0, 0.1) is 5.92 Å². The van der Waals surface area contributed by atoms with Crippen LogP contribution in [0.25, 0.3) is 0 Å². The molecule has 0 fully saturated rings. The molecule has 1 aliphatic rings. The lowest BCUT2D eigenvalue weighted by Gasteiger charge is -2.28. The summed E-state index contributed by atoms with van der Waals surface area (Å²) < 4.78 is 0. The third-order valence-corrected chi connectivity index (χ3v) is 3.95. The van der Waals surface area contributed by atoms with Crippen molar-refractivity contribution in [2.24, 2.45) is 5.92 Å². The first-order valence-electron chi connectivity index (χ1n) is 7.23. The fourth-order valence-electron chi connectivity index (χ4n) is 2.90. The van der Waals surface area contributed by atoms with E-state index in [0.717, 1.165) is 12.5 Å². The van der Waals surface area contributed by atoms with Crippen LogP contribution in [0.5, 0.6) is 0 Å². The maximum absolute atomic E-state index is 3.69. The van der Waals surface area contributed by atoms with Gasteiger partial charge in [-0.1, -0.05) is 45.3 Å². The fourth-order valence-corrected chi connectivity index (χ4v) is 2.90. The van der Waals surface area contributed by atoms with Gasteiger partial charge in [0.25, 0.3) is 0 Å². The van der Waals surface area contributed by atoms with Crippen LogP contribution in [0.4, 0.5) is 0 Å². The van der Waals surface area contributed by atoms with Crippen molar-refractivity contribution < 1.29 is 0 Å². The van der Waals surface area contributed by atoms with Crippen molar-refractivity contribution in [1.82, 2.24) is 5.32 Å². The highest BCUT2D eigenvalue weighted by atomic mass is 14.9. The van der Waals surface area contributed by atoms with Crippen molar-refractivity contribution >= 4 is 0 Å².